The number of nitrogens with one attached hydrogen (secondary N) is 1. The Kier molecular flexibility index (Phi) is 3.92. The Morgan fingerprint density at radius 2 is 2.29 bits per heavy atom. The molecule has 2 aromatic rings. The van der Waals surface area contributed by atoms with Gasteiger partial charge in [-0.1, -0.05) is 0 Å². The summed E-state index contributed by atoms with van der Waals surface area (Å²) in [6.45, 7) is 4.02. The number of imidazole rings is 1. The van der Waals surface area contributed by atoms with E-state index in [4.69, 9.17) is 0 Å². The third kappa shape index (κ3) is 2.78. The van der Waals surface area contributed by atoms with Gasteiger partial charge in [0.25, 0.3) is 0 Å². The summed E-state index contributed by atoms with van der Waals surface area (Å²) in [4.78, 5) is 29.9. The van der Waals surface area contributed by atoms with Crippen molar-refractivity contribution in [1.82, 2.24) is 14.7 Å². The molecule has 7 heteroatoms. The standard InChI is InChI=1S/C14H18N4O2S/c1-10(20)15-8-11-2-4-17(5-3-11)13-12(9-19)18-6-7-21-14(18)16-13/h6-7,9,11H,2-5,8H2,1H3,(H,15,20). The van der Waals surface area contributed by atoms with E-state index >= 15 is 0 Å². The van der Waals surface area contributed by atoms with E-state index in [9.17, 15) is 9.59 Å². The lowest BCUT2D eigenvalue weighted by molar-refractivity contribution is -0.119. The van der Waals surface area contributed by atoms with Crippen molar-refractivity contribution < 1.29 is 9.59 Å². The van der Waals surface area contributed by atoms with Gasteiger partial charge in [0.1, 0.15) is 5.69 Å². The number of aldehydes is 1. The van der Waals surface area contributed by atoms with Crippen LogP contribution in [-0.4, -0.2) is 41.2 Å². The van der Waals surface area contributed by atoms with E-state index in [-0.39, 0.29) is 5.91 Å². The van der Waals surface area contributed by atoms with Crippen LogP contribution in [0.5, 0.6) is 0 Å². The lowest BCUT2D eigenvalue weighted by atomic mass is 9.96. The van der Waals surface area contributed by atoms with Crippen molar-refractivity contribution in [2.45, 2.75) is 19.8 Å². The average molecular weight is 306 g/mol. The predicted molar refractivity (Wildman–Crippen MR) is 82.1 cm³/mol. The lowest BCUT2D eigenvalue weighted by Gasteiger charge is -2.32. The second-order valence-corrected chi connectivity index (χ2v) is 6.23. The highest BCUT2D eigenvalue weighted by molar-refractivity contribution is 7.15. The first-order valence-electron chi connectivity index (χ1n) is 7.09. The van der Waals surface area contributed by atoms with E-state index in [0.717, 1.165) is 49.5 Å². The van der Waals surface area contributed by atoms with Crippen LogP contribution in [0.15, 0.2) is 11.6 Å². The molecule has 1 aliphatic heterocycles. The molecule has 1 N–H and O–H groups in total. The van der Waals surface area contributed by atoms with Crippen molar-refractivity contribution in [2.75, 3.05) is 24.5 Å². The molecule has 6 nitrogen and oxygen atoms in total. The number of fused-ring (bicyclic) bond motifs is 1. The summed E-state index contributed by atoms with van der Waals surface area (Å²) in [5, 5.41) is 4.81. The molecule has 0 unspecified atom stereocenters. The molecular weight excluding hydrogens is 288 g/mol. The molecule has 1 aliphatic rings. The minimum Gasteiger partial charge on any atom is -0.356 e. The van der Waals surface area contributed by atoms with Crippen LogP contribution >= 0.6 is 11.3 Å². The molecule has 21 heavy (non-hydrogen) atoms. The van der Waals surface area contributed by atoms with Crippen LogP contribution < -0.4 is 10.2 Å². The summed E-state index contributed by atoms with van der Waals surface area (Å²) in [5.41, 5.74) is 0.631. The number of anilines is 1. The summed E-state index contributed by atoms with van der Waals surface area (Å²) in [6.07, 6.45) is 4.77. The molecule has 0 aromatic carbocycles. The van der Waals surface area contributed by atoms with Crippen LogP contribution in [0, 0.1) is 5.92 Å². The Morgan fingerprint density at radius 3 is 2.95 bits per heavy atom. The molecule has 0 bridgehead atoms. The zero-order chi connectivity index (χ0) is 14.8. The molecule has 1 saturated heterocycles. The van der Waals surface area contributed by atoms with E-state index in [1.165, 1.54) is 11.3 Å². The van der Waals surface area contributed by atoms with Gasteiger partial charge in [-0.05, 0) is 18.8 Å². The van der Waals surface area contributed by atoms with Crippen LogP contribution in [0.1, 0.15) is 30.3 Å². The van der Waals surface area contributed by atoms with Crippen LogP contribution in [-0.2, 0) is 4.79 Å². The molecule has 0 atom stereocenters. The maximum Gasteiger partial charge on any atom is 0.216 e. The summed E-state index contributed by atoms with van der Waals surface area (Å²) >= 11 is 1.53. The quantitative estimate of drug-likeness (QED) is 0.871. The number of amides is 1. The lowest BCUT2D eigenvalue weighted by Crippen LogP contribution is -2.38. The molecule has 0 radical (unpaired) electrons. The van der Waals surface area contributed by atoms with Gasteiger partial charge in [0.05, 0.1) is 0 Å². The van der Waals surface area contributed by atoms with Crippen molar-refractivity contribution in [2.24, 2.45) is 5.92 Å². The Balaban J connectivity index is 1.69. The van der Waals surface area contributed by atoms with Gasteiger partial charge in [-0.2, -0.15) is 0 Å². The molecular formula is C14H18N4O2S. The van der Waals surface area contributed by atoms with Gasteiger partial charge in [0.15, 0.2) is 17.1 Å². The van der Waals surface area contributed by atoms with Crippen molar-refractivity contribution >= 4 is 34.3 Å². The van der Waals surface area contributed by atoms with Crippen molar-refractivity contribution in [1.29, 1.82) is 0 Å². The summed E-state index contributed by atoms with van der Waals surface area (Å²) in [7, 11) is 0. The fourth-order valence-corrected chi connectivity index (χ4v) is 3.49. The highest BCUT2D eigenvalue weighted by Gasteiger charge is 2.24. The van der Waals surface area contributed by atoms with Crippen LogP contribution in [0.25, 0.3) is 4.96 Å². The second-order valence-electron chi connectivity index (χ2n) is 5.36. The second kappa shape index (κ2) is 5.85. The van der Waals surface area contributed by atoms with Crippen LogP contribution in [0.3, 0.4) is 0 Å². The fourth-order valence-electron chi connectivity index (χ4n) is 2.77. The number of nitrogens with zero attached hydrogens (tertiary/aromatic N) is 3. The fraction of sp³-hybridized carbons (Fsp3) is 0.500. The van der Waals surface area contributed by atoms with E-state index in [1.807, 2.05) is 16.0 Å². The number of thiazole rings is 1. The Bertz CT molecular complexity index is 655. The molecule has 2 aromatic heterocycles. The number of piperidine rings is 1. The average Bonchev–Trinajstić information content (AvgIpc) is 3.05. The number of carbonyl (C=O) groups excluding carboxylic acids is 2. The molecule has 3 rings (SSSR count). The summed E-state index contributed by atoms with van der Waals surface area (Å²) in [6, 6.07) is 0. The topological polar surface area (TPSA) is 66.7 Å². The van der Waals surface area contributed by atoms with E-state index < -0.39 is 0 Å². The first-order chi connectivity index (χ1) is 10.2. The SMILES string of the molecule is CC(=O)NCC1CCN(c2nc3sccn3c2C=O)CC1. The molecule has 1 amide bonds. The van der Waals surface area contributed by atoms with Crippen molar-refractivity contribution in [3.63, 3.8) is 0 Å². The Morgan fingerprint density at radius 1 is 1.52 bits per heavy atom. The molecule has 0 spiro atoms. The first-order valence-corrected chi connectivity index (χ1v) is 7.97. The smallest absolute Gasteiger partial charge is 0.216 e. The zero-order valence-electron chi connectivity index (χ0n) is 11.9. The largest absolute Gasteiger partial charge is 0.356 e. The number of aromatic nitrogens is 2. The Labute approximate surface area is 126 Å². The summed E-state index contributed by atoms with van der Waals surface area (Å²) in [5.74, 6) is 1.32. The first kappa shape index (κ1) is 14.1. The minimum atomic E-state index is 0.0232. The maximum absolute atomic E-state index is 11.4. The van der Waals surface area contributed by atoms with Crippen molar-refractivity contribution in [3.05, 3.63) is 17.3 Å². The predicted octanol–water partition coefficient (Wildman–Crippen LogP) is 1.56. The van der Waals surface area contributed by atoms with Gasteiger partial charge in [0, 0.05) is 38.1 Å². The van der Waals surface area contributed by atoms with E-state index in [1.54, 1.807) is 6.92 Å². The maximum atomic E-state index is 11.4. The summed E-state index contributed by atoms with van der Waals surface area (Å²) < 4.78 is 1.84. The van der Waals surface area contributed by atoms with Gasteiger partial charge in [-0.3, -0.25) is 14.0 Å². The van der Waals surface area contributed by atoms with Gasteiger partial charge < -0.3 is 10.2 Å². The van der Waals surface area contributed by atoms with Crippen LogP contribution in [0.2, 0.25) is 0 Å². The Hall–Kier alpha value is -1.89. The number of carbonyl (C=O) groups is 2. The molecule has 0 saturated carbocycles. The highest BCUT2D eigenvalue weighted by atomic mass is 32.1. The third-order valence-corrected chi connectivity index (χ3v) is 4.70. The number of hydrogen-bond acceptors (Lipinski definition) is 5. The monoisotopic (exact) mass is 306 g/mol. The van der Waals surface area contributed by atoms with Gasteiger partial charge in [-0.25, -0.2) is 4.98 Å². The zero-order valence-corrected chi connectivity index (χ0v) is 12.7. The van der Waals surface area contributed by atoms with Gasteiger partial charge >= 0.3 is 0 Å². The van der Waals surface area contributed by atoms with Gasteiger partial charge in [0.2, 0.25) is 5.91 Å². The highest BCUT2D eigenvalue weighted by Crippen LogP contribution is 2.27. The normalized spacial score (nSPS) is 16.3. The van der Waals surface area contributed by atoms with E-state index in [2.05, 4.69) is 15.2 Å². The van der Waals surface area contributed by atoms with Gasteiger partial charge in [-0.15, -0.1) is 11.3 Å². The van der Waals surface area contributed by atoms with Crippen molar-refractivity contribution in [3.8, 4) is 0 Å². The minimum absolute atomic E-state index is 0.0232. The third-order valence-electron chi connectivity index (χ3n) is 3.95. The van der Waals surface area contributed by atoms with Crippen LogP contribution in [0.4, 0.5) is 5.82 Å². The number of hydrogen-bond donors (Lipinski definition) is 1. The number of rotatable bonds is 4. The molecule has 1 fully saturated rings. The molecule has 3 heterocycles. The van der Waals surface area contributed by atoms with E-state index in [0.29, 0.717) is 11.6 Å². The molecule has 112 valence electrons. The molecule has 0 aliphatic carbocycles.